The second kappa shape index (κ2) is 15.5. The average Bonchev–Trinajstić information content (AvgIpc) is 3.02. The smallest absolute Gasteiger partial charge is 0.408 e. The molecule has 0 saturated carbocycles. The Morgan fingerprint density at radius 2 is 1.70 bits per heavy atom. The highest BCUT2D eigenvalue weighted by atomic mass is 35.5. The molecule has 13 heteroatoms. The van der Waals surface area contributed by atoms with E-state index in [1.54, 1.807) is 70.4 Å². The predicted octanol–water partition coefficient (Wildman–Crippen LogP) is 4.58. The van der Waals surface area contributed by atoms with Crippen LogP contribution in [0.1, 0.15) is 38.8 Å². The molecular weight excluding hydrogens is 610 g/mol. The lowest BCUT2D eigenvalue weighted by atomic mass is 10.1. The van der Waals surface area contributed by atoms with Crippen LogP contribution in [0.2, 0.25) is 5.02 Å². The number of amides is 2. The first-order chi connectivity index (χ1) is 21.9. The fourth-order valence-corrected chi connectivity index (χ4v) is 4.98. The van der Waals surface area contributed by atoms with Crippen molar-refractivity contribution in [2.75, 3.05) is 56.2 Å². The summed E-state index contributed by atoms with van der Waals surface area (Å²) in [7, 11) is 1.69. The number of aromatic nitrogens is 3. The topological polar surface area (TPSA) is 130 Å². The Balaban J connectivity index is 1.30. The zero-order chi connectivity index (χ0) is 33.3. The zero-order valence-electron chi connectivity index (χ0n) is 26.8. The Morgan fingerprint density at radius 3 is 2.35 bits per heavy atom. The fraction of sp³-hybridized carbons (Fsp3) is 0.394. The van der Waals surface area contributed by atoms with Gasteiger partial charge in [0.05, 0.1) is 11.6 Å². The van der Waals surface area contributed by atoms with E-state index in [2.05, 4.69) is 30.1 Å². The van der Waals surface area contributed by atoms with Crippen LogP contribution in [0, 0.1) is 0 Å². The number of anilines is 2. The minimum Gasteiger partial charge on any atom is -0.463 e. The Morgan fingerprint density at radius 1 is 1.00 bits per heavy atom. The van der Waals surface area contributed by atoms with Crippen LogP contribution in [0.25, 0.3) is 17.2 Å². The molecule has 1 aromatic carbocycles. The monoisotopic (exact) mass is 649 g/mol. The molecule has 0 atom stereocenters. The van der Waals surface area contributed by atoms with Gasteiger partial charge in [-0.2, -0.15) is 0 Å². The number of carbonyl (C=O) groups is 3. The van der Waals surface area contributed by atoms with Crippen LogP contribution in [-0.2, 0) is 25.6 Å². The quantitative estimate of drug-likeness (QED) is 0.246. The van der Waals surface area contributed by atoms with E-state index >= 15 is 0 Å². The molecule has 4 rings (SSSR count). The number of piperazine rings is 1. The van der Waals surface area contributed by atoms with Gasteiger partial charge in [0.1, 0.15) is 18.0 Å². The van der Waals surface area contributed by atoms with Crippen LogP contribution in [-0.4, -0.2) is 89.8 Å². The van der Waals surface area contributed by atoms with Gasteiger partial charge in [-0.15, -0.1) is 0 Å². The van der Waals surface area contributed by atoms with Crippen molar-refractivity contribution in [3.63, 3.8) is 0 Å². The minimum atomic E-state index is -0.634. The molecular formula is C33H40ClN7O5. The van der Waals surface area contributed by atoms with Gasteiger partial charge < -0.3 is 29.5 Å². The number of hydrogen-bond acceptors (Lipinski definition) is 10. The van der Waals surface area contributed by atoms with Gasteiger partial charge in [-0.1, -0.05) is 29.8 Å². The summed E-state index contributed by atoms with van der Waals surface area (Å²) in [6, 6.07) is 9.62. The number of rotatable bonds is 10. The van der Waals surface area contributed by atoms with Crippen molar-refractivity contribution in [1.82, 2.24) is 25.2 Å². The fourth-order valence-electron chi connectivity index (χ4n) is 4.68. The van der Waals surface area contributed by atoms with Crippen molar-refractivity contribution in [3.05, 3.63) is 71.1 Å². The Hall–Kier alpha value is -4.71. The normalized spacial score (nSPS) is 13.4. The summed E-state index contributed by atoms with van der Waals surface area (Å²) >= 11 is 6.54. The van der Waals surface area contributed by atoms with Gasteiger partial charge in [-0.05, 0) is 62.6 Å². The molecule has 0 radical (unpaired) electrons. The van der Waals surface area contributed by atoms with E-state index in [9.17, 15) is 14.4 Å². The molecule has 244 valence electrons. The highest BCUT2D eigenvalue weighted by Crippen LogP contribution is 2.27. The molecule has 46 heavy (non-hydrogen) atoms. The van der Waals surface area contributed by atoms with E-state index in [-0.39, 0.29) is 12.5 Å². The number of esters is 1. The van der Waals surface area contributed by atoms with Crippen LogP contribution in [0.3, 0.4) is 0 Å². The number of likely N-dealkylation sites (N-methyl/N-ethyl adjacent to an activating group) is 1. The minimum absolute atomic E-state index is 0.152. The van der Waals surface area contributed by atoms with Gasteiger partial charge in [0.2, 0.25) is 11.9 Å². The summed E-state index contributed by atoms with van der Waals surface area (Å²) in [4.78, 5) is 55.6. The van der Waals surface area contributed by atoms with Gasteiger partial charge in [-0.3, -0.25) is 4.79 Å². The van der Waals surface area contributed by atoms with E-state index in [1.807, 2.05) is 24.3 Å². The highest BCUT2D eigenvalue weighted by Gasteiger charge is 2.22. The molecule has 1 aliphatic rings. The van der Waals surface area contributed by atoms with Gasteiger partial charge in [0.25, 0.3) is 0 Å². The number of halogens is 1. The van der Waals surface area contributed by atoms with Gasteiger partial charge in [0.15, 0.2) is 0 Å². The zero-order valence-corrected chi connectivity index (χ0v) is 27.6. The second-order valence-electron chi connectivity index (χ2n) is 11.7. The second-order valence-corrected chi connectivity index (χ2v) is 12.1. The van der Waals surface area contributed by atoms with Crippen LogP contribution in [0.4, 0.5) is 16.6 Å². The molecule has 0 bridgehead atoms. The molecule has 0 aliphatic carbocycles. The summed E-state index contributed by atoms with van der Waals surface area (Å²) in [5.74, 6) is 0.687. The lowest BCUT2D eigenvalue weighted by molar-refractivity contribution is -0.137. The first-order valence-electron chi connectivity index (χ1n) is 15.0. The van der Waals surface area contributed by atoms with Crippen molar-refractivity contribution in [3.8, 4) is 11.1 Å². The third kappa shape index (κ3) is 9.90. The van der Waals surface area contributed by atoms with E-state index in [0.29, 0.717) is 61.7 Å². The Bertz CT molecular complexity index is 1550. The number of carbonyl (C=O) groups excluding carboxylic acids is 3. The van der Waals surface area contributed by atoms with E-state index in [0.717, 1.165) is 16.7 Å². The van der Waals surface area contributed by atoms with Gasteiger partial charge >= 0.3 is 12.1 Å². The number of hydrogen-bond donors (Lipinski definition) is 1. The molecule has 2 amide bonds. The number of pyridine rings is 1. The molecule has 0 spiro atoms. The van der Waals surface area contributed by atoms with Gasteiger partial charge in [0, 0.05) is 70.0 Å². The first-order valence-corrected chi connectivity index (χ1v) is 15.4. The average molecular weight is 650 g/mol. The predicted molar refractivity (Wildman–Crippen MR) is 178 cm³/mol. The number of ether oxygens (including phenoxy) is 2. The van der Waals surface area contributed by atoms with Crippen molar-refractivity contribution in [1.29, 1.82) is 0 Å². The number of nitrogens with zero attached hydrogens (tertiary/aromatic N) is 6. The van der Waals surface area contributed by atoms with Crippen molar-refractivity contribution < 1.29 is 23.9 Å². The molecule has 3 heterocycles. The molecule has 12 nitrogen and oxygen atoms in total. The molecule has 1 saturated heterocycles. The van der Waals surface area contributed by atoms with Crippen LogP contribution >= 0.6 is 11.6 Å². The number of nitrogens with one attached hydrogen (secondary N) is 1. The van der Waals surface area contributed by atoms with Crippen molar-refractivity contribution in [2.24, 2.45) is 0 Å². The maximum atomic E-state index is 12.6. The largest absolute Gasteiger partial charge is 0.463 e. The molecule has 1 aliphatic heterocycles. The maximum absolute atomic E-state index is 12.6. The molecule has 1 N–H and O–H groups in total. The van der Waals surface area contributed by atoms with Crippen molar-refractivity contribution >= 4 is 47.4 Å². The number of benzene rings is 1. The van der Waals surface area contributed by atoms with E-state index < -0.39 is 17.7 Å². The first kappa shape index (κ1) is 34.2. The number of alkyl carbamates (subject to hydrolysis) is 1. The summed E-state index contributed by atoms with van der Waals surface area (Å²) in [5, 5.41) is 3.01. The maximum Gasteiger partial charge on any atom is 0.408 e. The van der Waals surface area contributed by atoms with Crippen molar-refractivity contribution in [2.45, 2.75) is 39.8 Å². The van der Waals surface area contributed by atoms with E-state index in [1.165, 1.54) is 6.08 Å². The standard InChI is InChI=1S/C33H40ClN7O5/c1-6-45-29(43)11-10-23-17-27(34)30(35-18-23)40-12-14-41(15-13-40)31-36-19-26(20-37-31)25-9-7-8-24(16-25)22-39(5)28(42)21-38-32(44)46-33(2,3)4/h7-11,16-20H,6,12-15,21-22H2,1-5H3,(H,38,44)/b11-10+. The lowest BCUT2D eigenvalue weighted by Gasteiger charge is -2.35. The molecule has 0 unspecified atom stereocenters. The third-order valence-electron chi connectivity index (χ3n) is 6.93. The molecule has 1 fully saturated rings. The van der Waals surface area contributed by atoms with Crippen LogP contribution < -0.4 is 15.1 Å². The highest BCUT2D eigenvalue weighted by molar-refractivity contribution is 6.33. The lowest BCUT2D eigenvalue weighted by Crippen LogP contribution is -2.47. The Labute approximate surface area is 274 Å². The SMILES string of the molecule is CCOC(=O)/C=C/c1cnc(N2CCN(c3ncc(-c4cccc(CN(C)C(=O)CNC(=O)OC(C)(C)C)c4)cn3)CC2)c(Cl)c1. The third-order valence-corrected chi connectivity index (χ3v) is 7.21. The summed E-state index contributed by atoms with van der Waals surface area (Å²) in [6.07, 6.45) is 7.64. The molecule has 3 aromatic rings. The summed E-state index contributed by atoms with van der Waals surface area (Å²) in [6.45, 7) is 10.4. The van der Waals surface area contributed by atoms with Crippen LogP contribution in [0.15, 0.2) is 55.0 Å². The summed E-state index contributed by atoms with van der Waals surface area (Å²) in [5.41, 5.74) is 2.80. The van der Waals surface area contributed by atoms with Crippen LogP contribution in [0.5, 0.6) is 0 Å². The van der Waals surface area contributed by atoms with Gasteiger partial charge in [-0.25, -0.2) is 24.5 Å². The molecule has 2 aromatic heterocycles. The summed E-state index contributed by atoms with van der Waals surface area (Å²) < 4.78 is 10.1. The van der Waals surface area contributed by atoms with E-state index in [4.69, 9.17) is 21.1 Å². The Kier molecular flexibility index (Phi) is 11.5.